The number of fused-ring (bicyclic) bond motifs is 1. The molecule has 2 nitrogen and oxygen atoms in total. The topological polar surface area (TPSA) is 17.0 Å². The highest BCUT2D eigenvalue weighted by molar-refractivity contribution is 7.99. The summed E-state index contributed by atoms with van der Waals surface area (Å²) in [7, 11) is 0. The van der Waals surface area contributed by atoms with E-state index in [0.717, 1.165) is 19.1 Å². The second-order valence-electron chi connectivity index (χ2n) is 5.25. The molecule has 0 radical (unpaired) electrons. The summed E-state index contributed by atoms with van der Waals surface area (Å²) in [6.45, 7) is 4.34. The van der Waals surface area contributed by atoms with Crippen molar-refractivity contribution in [3.8, 4) is 0 Å². The van der Waals surface area contributed by atoms with E-state index in [4.69, 9.17) is 0 Å². The lowest BCUT2D eigenvalue weighted by molar-refractivity contribution is 0.688. The lowest BCUT2D eigenvalue weighted by Crippen LogP contribution is -2.15. The quantitative estimate of drug-likeness (QED) is 0.776. The maximum Gasteiger partial charge on any atom is 0.0480 e. The summed E-state index contributed by atoms with van der Waals surface area (Å²) >= 11 is 2.01. The lowest BCUT2D eigenvalue weighted by Gasteiger charge is -2.06. The number of aryl methyl sites for hydroxylation is 1. The van der Waals surface area contributed by atoms with Gasteiger partial charge in [-0.3, -0.25) is 0 Å². The molecule has 102 valence electrons. The van der Waals surface area contributed by atoms with Crippen molar-refractivity contribution in [1.29, 1.82) is 0 Å². The van der Waals surface area contributed by atoms with E-state index < -0.39 is 0 Å². The largest absolute Gasteiger partial charge is 0.347 e. The Kier molecular flexibility index (Phi) is 4.14. The summed E-state index contributed by atoms with van der Waals surface area (Å²) in [6, 6.07) is 9.89. The fraction of sp³-hybridized carbons (Fsp3) is 0.500. The summed E-state index contributed by atoms with van der Waals surface area (Å²) in [6.07, 6.45) is 4.93. The summed E-state index contributed by atoms with van der Waals surface area (Å²) in [5.41, 5.74) is 2.77. The molecule has 0 bridgehead atoms. The second kappa shape index (κ2) is 6.02. The van der Waals surface area contributed by atoms with Crippen molar-refractivity contribution in [2.45, 2.75) is 38.9 Å². The molecule has 0 amide bonds. The maximum atomic E-state index is 3.58. The van der Waals surface area contributed by atoms with Gasteiger partial charge in [-0.15, -0.1) is 0 Å². The van der Waals surface area contributed by atoms with Gasteiger partial charge in [0.25, 0.3) is 0 Å². The molecule has 1 aromatic carbocycles. The first-order valence-corrected chi connectivity index (χ1v) is 8.41. The standard InChI is InChI=1S/C16H22N2S/c1-2-19-10-9-18-8-7-14-11-13(3-6-16(14)18)12-17-15-4-5-15/h3,6-8,11,15,17H,2,4-5,9-10,12H2,1H3. The van der Waals surface area contributed by atoms with Crippen LogP contribution >= 0.6 is 11.8 Å². The molecule has 19 heavy (non-hydrogen) atoms. The van der Waals surface area contributed by atoms with Crippen LogP contribution in [0.1, 0.15) is 25.3 Å². The maximum absolute atomic E-state index is 3.58. The van der Waals surface area contributed by atoms with Crippen LogP contribution in [-0.4, -0.2) is 22.1 Å². The predicted molar refractivity (Wildman–Crippen MR) is 84.8 cm³/mol. The predicted octanol–water partition coefficient (Wildman–Crippen LogP) is 3.65. The average Bonchev–Trinajstić information content (AvgIpc) is 3.18. The van der Waals surface area contributed by atoms with Gasteiger partial charge in [-0.05, 0) is 47.7 Å². The Balaban J connectivity index is 1.69. The third-order valence-electron chi connectivity index (χ3n) is 3.69. The minimum atomic E-state index is 0.784. The molecule has 2 aromatic rings. The first-order chi connectivity index (χ1) is 9.36. The minimum absolute atomic E-state index is 0.784. The minimum Gasteiger partial charge on any atom is -0.347 e. The van der Waals surface area contributed by atoms with Crippen molar-refractivity contribution in [1.82, 2.24) is 9.88 Å². The van der Waals surface area contributed by atoms with Gasteiger partial charge in [-0.25, -0.2) is 0 Å². The molecule has 0 spiro atoms. The number of aromatic nitrogens is 1. The van der Waals surface area contributed by atoms with Crippen LogP contribution in [0, 0.1) is 0 Å². The number of thioether (sulfide) groups is 1. The van der Waals surface area contributed by atoms with Gasteiger partial charge in [0.05, 0.1) is 0 Å². The van der Waals surface area contributed by atoms with E-state index in [1.807, 2.05) is 11.8 Å². The van der Waals surface area contributed by atoms with E-state index in [-0.39, 0.29) is 0 Å². The second-order valence-corrected chi connectivity index (χ2v) is 6.65. The first kappa shape index (κ1) is 13.1. The van der Waals surface area contributed by atoms with Crippen molar-refractivity contribution in [2.75, 3.05) is 11.5 Å². The number of nitrogens with one attached hydrogen (secondary N) is 1. The van der Waals surface area contributed by atoms with E-state index in [1.165, 1.54) is 40.8 Å². The normalized spacial score (nSPS) is 15.2. The highest BCUT2D eigenvalue weighted by Crippen LogP contribution is 2.21. The number of nitrogens with zero attached hydrogens (tertiary/aromatic N) is 1. The summed E-state index contributed by atoms with van der Waals surface area (Å²) in [4.78, 5) is 0. The lowest BCUT2D eigenvalue weighted by atomic mass is 10.1. The zero-order valence-corrected chi connectivity index (χ0v) is 12.4. The molecule has 0 aliphatic heterocycles. The van der Waals surface area contributed by atoms with Gasteiger partial charge in [0.15, 0.2) is 0 Å². The van der Waals surface area contributed by atoms with Gasteiger partial charge in [-0.2, -0.15) is 11.8 Å². The number of benzene rings is 1. The van der Waals surface area contributed by atoms with Crippen LogP contribution in [-0.2, 0) is 13.1 Å². The smallest absolute Gasteiger partial charge is 0.0480 e. The van der Waals surface area contributed by atoms with Crippen LogP contribution in [0.3, 0.4) is 0 Å². The van der Waals surface area contributed by atoms with E-state index in [2.05, 4.69) is 47.3 Å². The zero-order chi connectivity index (χ0) is 13.1. The van der Waals surface area contributed by atoms with Crippen molar-refractivity contribution in [2.24, 2.45) is 0 Å². The van der Waals surface area contributed by atoms with E-state index in [0.29, 0.717) is 0 Å². The van der Waals surface area contributed by atoms with E-state index in [1.54, 1.807) is 0 Å². The van der Waals surface area contributed by atoms with Crippen LogP contribution in [0.2, 0.25) is 0 Å². The highest BCUT2D eigenvalue weighted by Gasteiger charge is 2.19. The van der Waals surface area contributed by atoms with Crippen LogP contribution in [0.4, 0.5) is 0 Å². The molecule has 1 fully saturated rings. The fourth-order valence-electron chi connectivity index (χ4n) is 2.41. The molecular weight excluding hydrogens is 252 g/mol. The third-order valence-corrected chi connectivity index (χ3v) is 4.57. The molecule has 1 aliphatic rings. The van der Waals surface area contributed by atoms with E-state index >= 15 is 0 Å². The first-order valence-electron chi connectivity index (χ1n) is 7.25. The monoisotopic (exact) mass is 274 g/mol. The van der Waals surface area contributed by atoms with Gasteiger partial charge in [-0.1, -0.05) is 13.0 Å². The Bertz CT molecular complexity index is 543. The number of hydrogen-bond acceptors (Lipinski definition) is 2. The fourth-order valence-corrected chi connectivity index (χ4v) is 3.03. The Morgan fingerprint density at radius 2 is 2.21 bits per heavy atom. The van der Waals surface area contributed by atoms with Crippen LogP contribution < -0.4 is 5.32 Å². The van der Waals surface area contributed by atoms with Crippen molar-refractivity contribution in [3.63, 3.8) is 0 Å². The Hall–Kier alpha value is -0.930. The number of hydrogen-bond donors (Lipinski definition) is 1. The third kappa shape index (κ3) is 3.34. The van der Waals surface area contributed by atoms with Gasteiger partial charge >= 0.3 is 0 Å². The van der Waals surface area contributed by atoms with Crippen molar-refractivity contribution >= 4 is 22.7 Å². The molecule has 1 N–H and O–H groups in total. The van der Waals surface area contributed by atoms with E-state index in [9.17, 15) is 0 Å². The molecule has 1 saturated carbocycles. The summed E-state index contributed by atoms with van der Waals surface area (Å²) in [5, 5.41) is 4.95. The SMILES string of the molecule is CCSCCn1ccc2cc(CNC3CC3)ccc21. The van der Waals surface area contributed by atoms with Crippen molar-refractivity contribution < 1.29 is 0 Å². The van der Waals surface area contributed by atoms with Crippen LogP contribution in [0.15, 0.2) is 30.5 Å². The molecule has 3 rings (SSSR count). The molecule has 3 heteroatoms. The molecular formula is C16H22N2S. The Morgan fingerprint density at radius 3 is 3.00 bits per heavy atom. The zero-order valence-electron chi connectivity index (χ0n) is 11.6. The van der Waals surface area contributed by atoms with Gasteiger partial charge in [0.2, 0.25) is 0 Å². The molecule has 1 aromatic heterocycles. The highest BCUT2D eigenvalue weighted by atomic mass is 32.2. The molecule has 0 unspecified atom stereocenters. The summed E-state index contributed by atoms with van der Waals surface area (Å²) in [5.74, 6) is 2.40. The van der Waals surface area contributed by atoms with Gasteiger partial charge in [0, 0.05) is 36.6 Å². The Morgan fingerprint density at radius 1 is 1.32 bits per heavy atom. The van der Waals surface area contributed by atoms with Gasteiger partial charge < -0.3 is 9.88 Å². The van der Waals surface area contributed by atoms with Crippen LogP contribution in [0.25, 0.3) is 10.9 Å². The van der Waals surface area contributed by atoms with Gasteiger partial charge in [0.1, 0.15) is 0 Å². The Labute approximate surface area is 119 Å². The van der Waals surface area contributed by atoms with Crippen LogP contribution in [0.5, 0.6) is 0 Å². The number of rotatable bonds is 7. The molecule has 1 heterocycles. The molecule has 0 atom stereocenters. The molecule has 1 aliphatic carbocycles. The average molecular weight is 274 g/mol. The molecule has 0 saturated heterocycles. The summed E-state index contributed by atoms with van der Waals surface area (Å²) < 4.78 is 2.37. The van der Waals surface area contributed by atoms with Crippen molar-refractivity contribution in [3.05, 3.63) is 36.0 Å².